The van der Waals surface area contributed by atoms with Gasteiger partial charge in [0.15, 0.2) is 0 Å². The number of amides is 1. The highest BCUT2D eigenvalue weighted by Gasteiger charge is 2.10. The number of hydrogen-bond donors (Lipinski definition) is 1. The SMILES string of the molecule is CN1CCC=C(CNC(=O)c2ccc(-c3ccccc3)cc2)C1. The second kappa shape index (κ2) is 7.25. The predicted octanol–water partition coefficient (Wildman–Crippen LogP) is 3.35. The zero-order chi connectivity index (χ0) is 16.1. The van der Waals surface area contributed by atoms with E-state index in [4.69, 9.17) is 0 Å². The predicted molar refractivity (Wildman–Crippen MR) is 94.4 cm³/mol. The summed E-state index contributed by atoms with van der Waals surface area (Å²) in [5.74, 6) is -0.0151. The molecule has 0 atom stereocenters. The van der Waals surface area contributed by atoms with Gasteiger partial charge in [-0.1, -0.05) is 48.5 Å². The van der Waals surface area contributed by atoms with E-state index in [9.17, 15) is 4.79 Å². The van der Waals surface area contributed by atoms with Crippen LogP contribution in [0.1, 0.15) is 16.8 Å². The molecule has 0 unspecified atom stereocenters. The van der Waals surface area contributed by atoms with Crippen LogP contribution in [-0.4, -0.2) is 37.5 Å². The van der Waals surface area contributed by atoms with Crippen molar-refractivity contribution >= 4 is 5.91 Å². The van der Waals surface area contributed by atoms with Gasteiger partial charge in [0.05, 0.1) is 0 Å². The Morgan fingerprint density at radius 1 is 1.04 bits per heavy atom. The third-order valence-corrected chi connectivity index (χ3v) is 4.15. The standard InChI is InChI=1S/C20H22N2O/c1-22-13-5-6-16(15-22)14-21-20(23)19-11-9-18(10-12-19)17-7-3-2-4-8-17/h2-4,6-12H,5,13-15H2,1H3,(H,21,23). The Morgan fingerprint density at radius 3 is 2.43 bits per heavy atom. The van der Waals surface area contributed by atoms with Crippen molar-refractivity contribution in [3.8, 4) is 11.1 Å². The van der Waals surface area contributed by atoms with Crippen LogP contribution in [0.5, 0.6) is 0 Å². The largest absolute Gasteiger partial charge is 0.348 e. The summed E-state index contributed by atoms with van der Waals surface area (Å²) in [5, 5.41) is 3.01. The van der Waals surface area contributed by atoms with Gasteiger partial charge < -0.3 is 10.2 Å². The fourth-order valence-corrected chi connectivity index (χ4v) is 2.85. The molecule has 3 nitrogen and oxygen atoms in total. The van der Waals surface area contributed by atoms with Gasteiger partial charge >= 0.3 is 0 Å². The van der Waals surface area contributed by atoms with Gasteiger partial charge in [-0.05, 0) is 42.3 Å². The number of nitrogens with zero attached hydrogens (tertiary/aromatic N) is 1. The van der Waals surface area contributed by atoms with Gasteiger partial charge in [0.2, 0.25) is 0 Å². The highest BCUT2D eigenvalue weighted by molar-refractivity contribution is 5.94. The average Bonchev–Trinajstić information content (AvgIpc) is 2.61. The van der Waals surface area contributed by atoms with Gasteiger partial charge in [0.25, 0.3) is 5.91 Å². The first-order valence-corrected chi connectivity index (χ1v) is 8.02. The Hall–Kier alpha value is -2.39. The van der Waals surface area contributed by atoms with Crippen LogP contribution in [0.25, 0.3) is 11.1 Å². The van der Waals surface area contributed by atoms with E-state index in [0.717, 1.165) is 30.6 Å². The molecular weight excluding hydrogens is 284 g/mol. The molecule has 0 radical (unpaired) electrons. The van der Waals surface area contributed by atoms with Crippen LogP contribution >= 0.6 is 0 Å². The lowest BCUT2D eigenvalue weighted by atomic mass is 10.0. The van der Waals surface area contributed by atoms with E-state index >= 15 is 0 Å². The second-order valence-electron chi connectivity index (χ2n) is 6.01. The van der Waals surface area contributed by atoms with Gasteiger partial charge in [-0.15, -0.1) is 0 Å². The van der Waals surface area contributed by atoms with Crippen LogP contribution in [0, 0.1) is 0 Å². The molecular formula is C20H22N2O. The van der Waals surface area contributed by atoms with E-state index in [1.165, 1.54) is 5.57 Å². The van der Waals surface area contributed by atoms with Gasteiger partial charge in [0, 0.05) is 25.2 Å². The Bertz CT molecular complexity index is 689. The molecule has 3 heteroatoms. The number of carbonyl (C=O) groups is 1. The van der Waals surface area contributed by atoms with E-state index < -0.39 is 0 Å². The molecule has 1 amide bonds. The number of rotatable bonds is 4. The molecule has 0 bridgehead atoms. The molecule has 3 rings (SSSR count). The lowest BCUT2D eigenvalue weighted by Crippen LogP contribution is -2.32. The van der Waals surface area contributed by atoms with E-state index in [0.29, 0.717) is 12.1 Å². The Balaban J connectivity index is 1.61. The van der Waals surface area contributed by atoms with Gasteiger partial charge in [-0.2, -0.15) is 0 Å². The molecule has 0 saturated carbocycles. The summed E-state index contributed by atoms with van der Waals surface area (Å²) in [4.78, 5) is 14.5. The molecule has 2 aromatic rings. The van der Waals surface area contributed by atoms with Crippen LogP contribution in [0.3, 0.4) is 0 Å². The summed E-state index contributed by atoms with van der Waals surface area (Å²) < 4.78 is 0. The molecule has 0 saturated heterocycles. The fraction of sp³-hybridized carbons (Fsp3) is 0.250. The average molecular weight is 306 g/mol. The number of benzene rings is 2. The summed E-state index contributed by atoms with van der Waals surface area (Å²) in [5.41, 5.74) is 4.27. The molecule has 0 aromatic heterocycles. The minimum atomic E-state index is -0.0151. The van der Waals surface area contributed by atoms with Crippen molar-refractivity contribution in [3.63, 3.8) is 0 Å². The Labute approximate surface area is 137 Å². The van der Waals surface area contributed by atoms with E-state index in [2.05, 4.69) is 35.5 Å². The molecule has 0 aliphatic carbocycles. The van der Waals surface area contributed by atoms with Crippen LogP contribution in [0.2, 0.25) is 0 Å². The minimum absolute atomic E-state index is 0.0151. The molecule has 1 heterocycles. The summed E-state index contributed by atoms with van der Waals surface area (Å²) in [7, 11) is 2.11. The molecule has 2 aromatic carbocycles. The fourth-order valence-electron chi connectivity index (χ4n) is 2.85. The van der Waals surface area contributed by atoms with Gasteiger partial charge in [-0.25, -0.2) is 0 Å². The molecule has 0 fully saturated rings. The lowest BCUT2D eigenvalue weighted by molar-refractivity contribution is 0.0956. The first-order chi connectivity index (χ1) is 11.2. The maximum atomic E-state index is 12.3. The van der Waals surface area contributed by atoms with Crippen molar-refractivity contribution in [2.75, 3.05) is 26.7 Å². The highest BCUT2D eigenvalue weighted by Crippen LogP contribution is 2.19. The normalized spacial score (nSPS) is 15.1. The van der Waals surface area contributed by atoms with E-state index in [-0.39, 0.29) is 5.91 Å². The molecule has 23 heavy (non-hydrogen) atoms. The maximum absolute atomic E-state index is 12.3. The monoisotopic (exact) mass is 306 g/mol. The number of likely N-dealkylation sites (N-methyl/N-ethyl adjacent to an activating group) is 1. The zero-order valence-corrected chi connectivity index (χ0v) is 13.5. The van der Waals surface area contributed by atoms with Crippen molar-refractivity contribution in [1.29, 1.82) is 0 Å². The van der Waals surface area contributed by atoms with Crippen LogP contribution < -0.4 is 5.32 Å². The zero-order valence-electron chi connectivity index (χ0n) is 13.5. The first-order valence-electron chi connectivity index (χ1n) is 8.02. The maximum Gasteiger partial charge on any atom is 0.251 e. The second-order valence-corrected chi connectivity index (χ2v) is 6.01. The number of nitrogens with one attached hydrogen (secondary N) is 1. The first kappa shape index (κ1) is 15.5. The van der Waals surface area contributed by atoms with E-state index in [1.54, 1.807) is 0 Å². The quantitative estimate of drug-likeness (QED) is 0.879. The summed E-state index contributed by atoms with van der Waals surface area (Å²) in [6.07, 6.45) is 3.30. The van der Waals surface area contributed by atoms with Crippen molar-refractivity contribution in [3.05, 3.63) is 71.8 Å². The van der Waals surface area contributed by atoms with Crippen LogP contribution in [0.4, 0.5) is 0 Å². The minimum Gasteiger partial charge on any atom is -0.348 e. The number of hydrogen-bond acceptors (Lipinski definition) is 2. The van der Waals surface area contributed by atoms with Crippen LogP contribution in [-0.2, 0) is 0 Å². The summed E-state index contributed by atoms with van der Waals surface area (Å²) >= 11 is 0. The van der Waals surface area contributed by atoms with Crippen LogP contribution in [0.15, 0.2) is 66.2 Å². The van der Waals surface area contributed by atoms with Gasteiger partial charge in [0.1, 0.15) is 0 Å². The number of carbonyl (C=O) groups excluding carboxylic acids is 1. The highest BCUT2D eigenvalue weighted by atomic mass is 16.1. The van der Waals surface area contributed by atoms with Crippen molar-refractivity contribution in [2.24, 2.45) is 0 Å². The molecule has 1 aliphatic heterocycles. The molecule has 1 aliphatic rings. The Morgan fingerprint density at radius 2 is 1.74 bits per heavy atom. The summed E-state index contributed by atoms with van der Waals surface area (Å²) in [6, 6.07) is 18.0. The molecule has 0 spiro atoms. The topological polar surface area (TPSA) is 32.3 Å². The smallest absolute Gasteiger partial charge is 0.251 e. The summed E-state index contributed by atoms with van der Waals surface area (Å²) in [6.45, 7) is 2.66. The van der Waals surface area contributed by atoms with Crippen molar-refractivity contribution < 1.29 is 4.79 Å². The van der Waals surface area contributed by atoms with E-state index in [1.807, 2.05) is 42.5 Å². The van der Waals surface area contributed by atoms with Gasteiger partial charge in [-0.3, -0.25) is 4.79 Å². The molecule has 1 N–H and O–H groups in total. The third-order valence-electron chi connectivity index (χ3n) is 4.15. The van der Waals surface area contributed by atoms with Crippen molar-refractivity contribution in [1.82, 2.24) is 10.2 Å². The molecule has 118 valence electrons. The Kier molecular flexibility index (Phi) is 4.89. The van der Waals surface area contributed by atoms with Crippen molar-refractivity contribution in [2.45, 2.75) is 6.42 Å². The lowest BCUT2D eigenvalue weighted by Gasteiger charge is -2.23. The third kappa shape index (κ3) is 4.08.